The third-order valence-corrected chi connectivity index (χ3v) is 5.78. The highest BCUT2D eigenvalue weighted by Crippen LogP contribution is 2.31. The molecule has 2 aromatic carbocycles. The normalized spacial score (nSPS) is 14.5. The number of carbonyl (C=O) groups excluding carboxylic acids is 1. The maximum atomic E-state index is 12.3. The summed E-state index contributed by atoms with van der Waals surface area (Å²) in [7, 11) is 0. The number of rotatable bonds is 5. The van der Waals surface area contributed by atoms with Crippen LogP contribution in [-0.2, 0) is 16.0 Å². The molecule has 1 saturated heterocycles. The van der Waals surface area contributed by atoms with Crippen LogP contribution in [0.15, 0.2) is 42.5 Å². The number of anilines is 2. The van der Waals surface area contributed by atoms with E-state index >= 15 is 0 Å². The van der Waals surface area contributed by atoms with Crippen LogP contribution in [0, 0.1) is 6.92 Å². The molecule has 1 aromatic heterocycles. The molecule has 3 aromatic rings. The molecule has 27 heavy (non-hydrogen) atoms. The number of morpholine rings is 1. The highest BCUT2D eigenvalue weighted by atomic mass is 32.1. The van der Waals surface area contributed by atoms with E-state index in [2.05, 4.69) is 41.4 Å². The van der Waals surface area contributed by atoms with Crippen LogP contribution in [0.5, 0.6) is 0 Å². The van der Waals surface area contributed by atoms with Crippen LogP contribution in [0.2, 0.25) is 0 Å². The molecule has 1 fully saturated rings. The lowest BCUT2D eigenvalue weighted by Gasteiger charge is -2.25. The topological polar surface area (TPSA) is 54.5 Å². The number of amides is 1. The second kappa shape index (κ2) is 8.06. The summed E-state index contributed by atoms with van der Waals surface area (Å²) >= 11 is 1.66. The highest BCUT2D eigenvalue weighted by Gasteiger charge is 2.15. The summed E-state index contributed by atoms with van der Waals surface area (Å²) < 4.78 is 6.50. The largest absolute Gasteiger partial charge is 0.378 e. The van der Waals surface area contributed by atoms with Gasteiger partial charge in [0.25, 0.3) is 0 Å². The molecule has 5 nitrogen and oxygen atoms in total. The standard InChI is InChI=1S/C21H23N3O2S/c1-15-2-4-16(5-3-15)6-9-20(25)22-17-7-8-18-19(14-17)27-21(23-18)24-10-12-26-13-11-24/h2-5,7-8,14H,6,9-13H2,1H3,(H,22,25). The van der Waals surface area contributed by atoms with E-state index in [0.29, 0.717) is 6.42 Å². The van der Waals surface area contributed by atoms with Crippen LogP contribution in [0.25, 0.3) is 10.2 Å². The average molecular weight is 382 g/mol. The van der Waals surface area contributed by atoms with Gasteiger partial charge in [0.2, 0.25) is 5.91 Å². The van der Waals surface area contributed by atoms with Crippen molar-refractivity contribution >= 4 is 38.3 Å². The summed E-state index contributed by atoms with van der Waals surface area (Å²) in [6, 6.07) is 14.2. The smallest absolute Gasteiger partial charge is 0.224 e. The molecule has 0 atom stereocenters. The number of aromatic nitrogens is 1. The predicted octanol–water partition coefficient (Wildman–Crippen LogP) is 4.01. The first-order valence-electron chi connectivity index (χ1n) is 9.26. The Hall–Kier alpha value is -2.44. The highest BCUT2D eigenvalue weighted by molar-refractivity contribution is 7.22. The molecule has 4 rings (SSSR count). The van der Waals surface area contributed by atoms with Crippen molar-refractivity contribution in [1.29, 1.82) is 0 Å². The van der Waals surface area contributed by atoms with Crippen molar-refractivity contribution in [1.82, 2.24) is 4.98 Å². The van der Waals surface area contributed by atoms with Crippen LogP contribution < -0.4 is 10.2 Å². The molecule has 2 heterocycles. The molecule has 1 aliphatic rings. The first-order chi connectivity index (χ1) is 13.2. The molecule has 1 aliphatic heterocycles. The molecule has 0 unspecified atom stereocenters. The molecule has 0 saturated carbocycles. The summed E-state index contributed by atoms with van der Waals surface area (Å²) in [6.45, 7) is 5.32. The number of nitrogens with one attached hydrogen (secondary N) is 1. The Labute approximate surface area is 163 Å². The molecule has 140 valence electrons. The van der Waals surface area contributed by atoms with Crippen LogP contribution in [-0.4, -0.2) is 37.2 Å². The minimum Gasteiger partial charge on any atom is -0.378 e. The van der Waals surface area contributed by atoms with Crippen LogP contribution >= 0.6 is 11.3 Å². The summed E-state index contributed by atoms with van der Waals surface area (Å²) in [6.07, 6.45) is 1.22. The van der Waals surface area contributed by atoms with Crippen LogP contribution in [0.4, 0.5) is 10.8 Å². The summed E-state index contributed by atoms with van der Waals surface area (Å²) in [5.74, 6) is 0.0350. The number of benzene rings is 2. The summed E-state index contributed by atoms with van der Waals surface area (Å²) in [4.78, 5) is 19.3. The molecule has 0 aliphatic carbocycles. The number of nitrogens with zero attached hydrogens (tertiary/aromatic N) is 2. The Kier molecular flexibility index (Phi) is 5.36. The van der Waals surface area contributed by atoms with Gasteiger partial charge in [-0.1, -0.05) is 41.2 Å². The minimum atomic E-state index is 0.0350. The Morgan fingerprint density at radius 3 is 2.74 bits per heavy atom. The van der Waals surface area contributed by atoms with Gasteiger partial charge in [0.15, 0.2) is 5.13 Å². The van der Waals surface area contributed by atoms with Gasteiger partial charge in [-0.05, 0) is 37.1 Å². The number of hydrogen-bond donors (Lipinski definition) is 1. The molecule has 0 spiro atoms. The van der Waals surface area contributed by atoms with Gasteiger partial charge in [-0.25, -0.2) is 4.98 Å². The van der Waals surface area contributed by atoms with Crippen LogP contribution in [0.3, 0.4) is 0 Å². The number of hydrogen-bond acceptors (Lipinski definition) is 5. The van der Waals surface area contributed by atoms with Gasteiger partial charge in [0, 0.05) is 25.2 Å². The van der Waals surface area contributed by atoms with Gasteiger partial charge in [0.1, 0.15) is 0 Å². The second-order valence-corrected chi connectivity index (χ2v) is 7.82. The maximum Gasteiger partial charge on any atom is 0.224 e. The van der Waals surface area contributed by atoms with Crippen molar-refractivity contribution in [3.05, 3.63) is 53.6 Å². The van der Waals surface area contributed by atoms with E-state index < -0.39 is 0 Å². The molecular formula is C21H23N3O2S. The SMILES string of the molecule is Cc1ccc(CCC(=O)Nc2ccc3nc(N4CCOCC4)sc3c2)cc1. The Balaban J connectivity index is 1.39. The van der Waals surface area contributed by atoms with E-state index in [4.69, 9.17) is 9.72 Å². The van der Waals surface area contributed by atoms with Crippen molar-refractivity contribution < 1.29 is 9.53 Å². The zero-order valence-corrected chi connectivity index (χ0v) is 16.2. The zero-order chi connectivity index (χ0) is 18.6. The van der Waals surface area contributed by atoms with Crippen molar-refractivity contribution in [3.63, 3.8) is 0 Å². The first kappa shape index (κ1) is 17.9. The van der Waals surface area contributed by atoms with Gasteiger partial charge < -0.3 is 15.0 Å². The van der Waals surface area contributed by atoms with E-state index in [1.165, 1.54) is 11.1 Å². The fourth-order valence-corrected chi connectivity index (χ4v) is 4.17. The van der Waals surface area contributed by atoms with E-state index in [9.17, 15) is 4.79 Å². The van der Waals surface area contributed by atoms with E-state index in [1.807, 2.05) is 18.2 Å². The van der Waals surface area contributed by atoms with Gasteiger partial charge in [-0.15, -0.1) is 0 Å². The molecule has 6 heteroatoms. The Bertz CT molecular complexity index is 930. The van der Waals surface area contributed by atoms with E-state index in [-0.39, 0.29) is 5.91 Å². The van der Waals surface area contributed by atoms with Crippen molar-refractivity contribution in [2.24, 2.45) is 0 Å². The van der Waals surface area contributed by atoms with E-state index in [1.54, 1.807) is 11.3 Å². The molecule has 0 bridgehead atoms. The lowest BCUT2D eigenvalue weighted by Crippen LogP contribution is -2.36. The predicted molar refractivity (Wildman–Crippen MR) is 111 cm³/mol. The van der Waals surface area contributed by atoms with Gasteiger partial charge in [-0.3, -0.25) is 4.79 Å². The Morgan fingerprint density at radius 1 is 1.19 bits per heavy atom. The minimum absolute atomic E-state index is 0.0350. The third-order valence-electron chi connectivity index (χ3n) is 4.70. The molecule has 0 radical (unpaired) electrons. The van der Waals surface area contributed by atoms with Crippen molar-refractivity contribution in [3.8, 4) is 0 Å². The third kappa shape index (κ3) is 4.46. The molecule has 1 amide bonds. The lowest BCUT2D eigenvalue weighted by atomic mass is 10.1. The first-order valence-corrected chi connectivity index (χ1v) is 10.1. The van der Waals surface area contributed by atoms with Gasteiger partial charge >= 0.3 is 0 Å². The zero-order valence-electron chi connectivity index (χ0n) is 15.4. The number of ether oxygens (including phenoxy) is 1. The fourth-order valence-electron chi connectivity index (χ4n) is 3.12. The average Bonchev–Trinajstić information content (AvgIpc) is 3.12. The van der Waals surface area contributed by atoms with E-state index in [0.717, 1.165) is 53.8 Å². The number of aryl methyl sites for hydroxylation is 2. The van der Waals surface area contributed by atoms with Gasteiger partial charge in [0.05, 0.1) is 23.4 Å². The summed E-state index contributed by atoms with van der Waals surface area (Å²) in [5.41, 5.74) is 4.22. The second-order valence-electron chi connectivity index (χ2n) is 6.81. The quantitative estimate of drug-likeness (QED) is 0.725. The lowest BCUT2D eigenvalue weighted by molar-refractivity contribution is -0.116. The van der Waals surface area contributed by atoms with Gasteiger partial charge in [-0.2, -0.15) is 0 Å². The van der Waals surface area contributed by atoms with Crippen molar-refractivity contribution in [2.45, 2.75) is 19.8 Å². The number of fused-ring (bicyclic) bond motifs is 1. The molecule has 1 N–H and O–H groups in total. The maximum absolute atomic E-state index is 12.3. The van der Waals surface area contributed by atoms with Crippen molar-refractivity contribution in [2.75, 3.05) is 36.5 Å². The number of thiazole rings is 1. The number of carbonyl (C=O) groups is 1. The Morgan fingerprint density at radius 2 is 1.96 bits per heavy atom. The summed E-state index contributed by atoms with van der Waals surface area (Å²) in [5, 5.41) is 4.04. The molecular weight excluding hydrogens is 358 g/mol. The monoisotopic (exact) mass is 381 g/mol. The fraction of sp³-hybridized carbons (Fsp3) is 0.333. The van der Waals surface area contributed by atoms with Crippen LogP contribution in [0.1, 0.15) is 17.5 Å².